The highest BCUT2D eigenvalue weighted by atomic mass is 32.2. The quantitative estimate of drug-likeness (QED) is 0.533. The van der Waals surface area contributed by atoms with E-state index in [9.17, 15) is 13.2 Å². The molecule has 6 nitrogen and oxygen atoms in total. The molecule has 2 aliphatic carbocycles. The summed E-state index contributed by atoms with van der Waals surface area (Å²) in [6, 6.07) is 18.0. The molecule has 2 saturated carbocycles. The van der Waals surface area contributed by atoms with E-state index in [1.807, 2.05) is 11.0 Å². The molecule has 194 valence electrons. The SMILES string of the molecule is CN(C)[C@]1(c2ccccc2)CC[C@]2(CC1)CN(Cc1cccc(S(C)(=O)=O)c1)C(=O)N2CC1CCC1. The van der Waals surface area contributed by atoms with Crippen LogP contribution in [0.1, 0.15) is 56.1 Å². The van der Waals surface area contributed by atoms with Crippen LogP contribution >= 0.6 is 0 Å². The van der Waals surface area contributed by atoms with Crippen LogP contribution in [0, 0.1) is 5.92 Å². The molecule has 3 fully saturated rings. The van der Waals surface area contributed by atoms with E-state index in [1.165, 1.54) is 31.1 Å². The zero-order valence-electron chi connectivity index (χ0n) is 21.8. The second-order valence-electron chi connectivity index (χ2n) is 11.5. The number of carbonyl (C=O) groups excluding carboxylic acids is 1. The average molecular weight is 510 g/mol. The smallest absolute Gasteiger partial charge is 0.318 e. The summed E-state index contributed by atoms with van der Waals surface area (Å²) in [5.74, 6) is 0.606. The summed E-state index contributed by atoms with van der Waals surface area (Å²) >= 11 is 0. The van der Waals surface area contributed by atoms with Crippen molar-refractivity contribution in [3.8, 4) is 0 Å². The largest absolute Gasteiger partial charge is 0.320 e. The van der Waals surface area contributed by atoms with Gasteiger partial charge in [-0.3, -0.25) is 4.90 Å². The van der Waals surface area contributed by atoms with Crippen molar-refractivity contribution in [3.63, 3.8) is 0 Å². The fourth-order valence-electron chi connectivity index (χ4n) is 6.61. The van der Waals surface area contributed by atoms with Gasteiger partial charge >= 0.3 is 6.03 Å². The maximum Gasteiger partial charge on any atom is 0.320 e. The molecule has 2 aromatic rings. The molecule has 1 heterocycles. The van der Waals surface area contributed by atoms with Crippen LogP contribution in [0.15, 0.2) is 59.5 Å². The van der Waals surface area contributed by atoms with E-state index < -0.39 is 9.84 Å². The Morgan fingerprint density at radius 3 is 2.25 bits per heavy atom. The van der Waals surface area contributed by atoms with Gasteiger partial charge in [0.25, 0.3) is 0 Å². The lowest BCUT2D eigenvalue weighted by molar-refractivity contribution is 0.0159. The predicted molar refractivity (Wildman–Crippen MR) is 142 cm³/mol. The third-order valence-corrected chi connectivity index (χ3v) is 10.2. The maximum atomic E-state index is 13.8. The predicted octanol–water partition coefficient (Wildman–Crippen LogP) is 4.90. The van der Waals surface area contributed by atoms with Crippen molar-refractivity contribution in [2.24, 2.45) is 5.92 Å². The lowest BCUT2D eigenvalue weighted by Crippen LogP contribution is -2.56. The van der Waals surface area contributed by atoms with Gasteiger partial charge in [-0.1, -0.05) is 48.9 Å². The van der Waals surface area contributed by atoms with E-state index in [0.717, 1.165) is 37.8 Å². The van der Waals surface area contributed by atoms with E-state index in [1.54, 1.807) is 18.2 Å². The minimum absolute atomic E-state index is 0.0189. The van der Waals surface area contributed by atoms with Crippen molar-refractivity contribution in [2.75, 3.05) is 33.4 Å². The Balaban J connectivity index is 1.41. The number of sulfone groups is 1. The second kappa shape index (κ2) is 9.49. The number of benzene rings is 2. The van der Waals surface area contributed by atoms with Crippen molar-refractivity contribution in [1.29, 1.82) is 0 Å². The molecule has 0 bridgehead atoms. The highest BCUT2D eigenvalue weighted by Crippen LogP contribution is 2.49. The van der Waals surface area contributed by atoms with E-state index in [2.05, 4.69) is 54.2 Å². The first-order chi connectivity index (χ1) is 17.1. The Hall–Kier alpha value is -2.38. The molecule has 1 spiro atoms. The Bertz CT molecular complexity index is 1200. The molecule has 2 amide bonds. The van der Waals surface area contributed by atoms with Gasteiger partial charge in [-0.2, -0.15) is 0 Å². The van der Waals surface area contributed by atoms with Crippen LogP contribution in [0.5, 0.6) is 0 Å². The summed E-state index contributed by atoms with van der Waals surface area (Å²) in [5, 5.41) is 0. The molecule has 36 heavy (non-hydrogen) atoms. The molecular formula is C29H39N3O3S. The number of urea groups is 1. The minimum atomic E-state index is -3.29. The topological polar surface area (TPSA) is 60.9 Å². The minimum Gasteiger partial charge on any atom is -0.318 e. The van der Waals surface area contributed by atoms with Crippen molar-refractivity contribution in [1.82, 2.24) is 14.7 Å². The molecule has 2 aromatic carbocycles. The summed E-state index contributed by atoms with van der Waals surface area (Å²) in [4.78, 5) is 20.7. The van der Waals surface area contributed by atoms with E-state index in [4.69, 9.17) is 0 Å². The van der Waals surface area contributed by atoms with Gasteiger partial charge in [0.05, 0.1) is 10.4 Å². The lowest BCUT2D eigenvalue weighted by atomic mass is 9.68. The number of nitrogens with zero attached hydrogens (tertiary/aromatic N) is 3. The summed E-state index contributed by atoms with van der Waals surface area (Å²) in [6.45, 7) is 2.00. The Morgan fingerprint density at radius 1 is 0.972 bits per heavy atom. The number of amides is 2. The monoisotopic (exact) mass is 509 g/mol. The van der Waals surface area contributed by atoms with Crippen molar-refractivity contribution in [3.05, 3.63) is 65.7 Å². The molecule has 0 radical (unpaired) electrons. The van der Waals surface area contributed by atoms with E-state index >= 15 is 0 Å². The molecule has 0 N–H and O–H groups in total. The summed E-state index contributed by atoms with van der Waals surface area (Å²) in [7, 11) is 1.07. The summed E-state index contributed by atoms with van der Waals surface area (Å²) < 4.78 is 24.2. The number of carbonyl (C=O) groups is 1. The fourth-order valence-corrected chi connectivity index (χ4v) is 7.30. The third-order valence-electron chi connectivity index (χ3n) is 9.10. The van der Waals surface area contributed by atoms with Crippen LogP contribution in [0.4, 0.5) is 4.79 Å². The van der Waals surface area contributed by atoms with Gasteiger partial charge in [0.1, 0.15) is 0 Å². The Morgan fingerprint density at radius 2 is 1.67 bits per heavy atom. The Labute approximate surface area is 216 Å². The van der Waals surface area contributed by atoms with Gasteiger partial charge in [0.2, 0.25) is 0 Å². The van der Waals surface area contributed by atoms with Crippen LogP contribution in [-0.4, -0.2) is 68.1 Å². The molecule has 7 heteroatoms. The zero-order chi connectivity index (χ0) is 25.6. The molecule has 1 aliphatic heterocycles. The second-order valence-corrected chi connectivity index (χ2v) is 13.5. The van der Waals surface area contributed by atoms with Gasteiger partial charge in [-0.15, -0.1) is 0 Å². The first kappa shape index (κ1) is 25.3. The van der Waals surface area contributed by atoms with Crippen LogP contribution in [0.3, 0.4) is 0 Å². The fraction of sp³-hybridized carbons (Fsp3) is 0.552. The number of rotatable bonds is 7. The third kappa shape index (κ3) is 4.56. The summed E-state index contributed by atoms with van der Waals surface area (Å²) in [5.41, 5.74) is 2.05. The first-order valence-electron chi connectivity index (χ1n) is 13.2. The maximum absolute atomic E-state index is 13.8. The molecule has 0 aromatic heterocycles. The van der Waals surface area contributed by atoms with E-state index in [-0.39, 0.29) is 17.1 Å². The highest BCUT2D eigenvalue weighted by Gasteiger charge is 2.54. The van der Waals surface area contributed by atoms with Gasteiger partial charge < -0.3 is 9.80 Å². The lowest BCUT2D eigenvalue weighted by Gasteiger charge is -2.51. The van der Waals surface area contributed by atoms with Crippen LogP contribution in [-0.2, 0) is 21.9 Å². The van der Waals surface area contributed by atoms with Crippen LogP contribution in [0.2, 0.25) is 0 Å². The Kier molecular flexibility index (Phi) is 6.66. The average Bonchev–Trinajstić information content (AvgIpc) is 3.07. The molecule has 0 unspecified atom stereocenters. The molecule has 0 atom stereocenters. The zero-order valence-corrected chi connectivity index (χ0v) is 22.6. The van der Waals surface area contributed by atoms with Gasteiger partial charge in [-0.25, -0.2) is 13.2 Å². The van der Waals surface area contributed by atoms with Gasteiger partial charge in [0, 0.05) is 31.4 Å². The van der Waals surface area contributed by atoms with Gasteiger partial charge in [-0.05, 0) is 81.8 Å². The van der Waals surface area contributed by atoms with Crippen LogP contribution in [0.25, 0.3) is 0 Å². The van der Waals surface area contributed by atoms with Gasteiger partial charge in [0.15, 0.2) is 9.84 Å². The standard InChI is InChI=1S/C29H39N3O3S/c1-30(2)29(25-12-5-4-6-13-25)17-15-28(16-18-29)22-31(27(33)32(28)21-23-9-7-10-23)20-24-11-8-14-26(19-24)36(3,34)35/h4-6,8,11-14,19,23H,7,9-10,15-18,20-22H2,1-3H3/t28-,29+. The number of hydrogen-bond donors (Lipinski definition) is 0. The molecule has 3 aliphatic rings. The van der Waals surface area contributed by atoms with Crippen molar-refractivity contribution < 1.29 is 13.2 Å². The highest BCUT2D eigenvalue weighted by molar-refractivity contribution is 7.90. The molecule has 1 saturated heterocycles. The molecule has 5 rings (SSSR count). The molecular weight excluding hydrogens is 470 g/mol. The summed E-state index contributed by atoms with van der Waals surface area (Å²) in [6.07, 6.45) is 8.88. The first-order valence-corrected chi connectivity index (χ1v) is 15.1. The van der Waals surface area contributed by atoms with Crippen LogP contribution < -0.4 is 0 Å². The van der Waals surface area contributed by atoms with Crippen molar-refractivity contribution >= 4 is 15.9 Å². The van der Waals surface area contributed by atoms with E-state index in [0.29, 0.717) is 23.9 Å². The normalized spacial score (nSPS) is 27.2. The van der Waals surface area contributed by atoms with Crippen molar-refractivity contribution in [2.45, 2.75) is 67.5 Å². The number of hydrogen-bond acceptors (Lipinski definition) is 4.